The van der Waals surface area contributed by atoms with Gasteiger partial charge in [-0.3, -0.25) is 4.79 Å². The molecule has 0 saturated heterocycles. The lowest BCUT2D eigenvalue weighted by Gasteiger charge is -2.17. The number of nitrogens with one attached hydrogen (secondary N) is 1. The fourth-order valence-electron chi connectivity index (χ4n) is 2.20. The minimum atomic E-state index is -0.170. The van der Waals surface area contributed by atoms with E-state index >= 15 is 0 Å². The van der Waals surface area contributed by atoms with Crippen LogP contribution in [0.3, 0.4) is 0 Å². The van der Waals surface area contributed by atoms with Gasteiger partial charge >= 0.3 is 0 Å². The molecule has 0 radical (unpaired) electrons. The molecule has 2 rings (SSSR count). The summed E-state index contributed by atoms with van der Waals surface area (Å²) in [5.41, 5.74) is 7.61. The van der Waals surface area contributed by atoms with Gasteiger partial charge in [-0.1, -0.05) is 36.2 Å². The van der Waals surface area contributed by atoms with E-state index < -0.39 is 0 Å². The number of benzene rings is 1. The second kappa shape index (κ2) is 5.47. The molecule has 5 heteroatoms. The standard InChI is InChI=1S/C13H16Cl2N2O/c1-7(6-16)13(18)17-11-5-3-9-8(11)2-4-10(14)12(9)15/h2,4,7,11H,3,5-6,16H2,1H3,(H,17,18). The molecule has 0 aliphatic heterocycles. The molecule has 2 atom stereocenters. The van der Waals surface area contributed by atoms with Gasteiger partial charge in [0, 0.05) is 12.5 Å². The van der Waals surface area contributed by atoms with Crippen molar-refractivity contribution >= 4 is 29.1 Å². The van der Waals surface area contributed by atoms with Crippen LogP contribution in [0.5, 0.6) is 0 Å². The van der Waals surface area contributed by atoms with Crippen LogP contribution in [0.2, 0.25) is 10.0 Å². The lowest BCUT2D eigenvalue weighted by Crippen LogP contribution is -2.35. The van der Waals surface area contributed by atoms with Crippen molar-refractivity contribution in [3.63, 3.8) is 0 Å². The maximum absolute atomic E-state index is 11.8. The molecule has 1 aliphatic carbocycles. The number of amides is 1. The Morgan fingerprint density at radius 1 is 1.56 bits per heavy atom. The van der Waals surface area contributed by atoms with E-state index in [1.807, 2.05) is 13.0 Å². The van der Waals surface area contributed by atoms with Crippen molar-refractivity contribution in [3.8, 4) is 0 Å². The lowest BCUT2D eigenvalue weighted by atomic mass is 10.1. The third-order valence-corrected chi connectivity index (χ3v) is 4.25. The summed E-state index contributed by atoms with van der Waals surface area (Å²) in [4.78, 5) is 11.8. The van der Waals surface area contributed by atoms with Crippen LogP contribution in [-0.2, 0) is 11.2 Å². The van der Waals surface area contributed by atoms with E-state index in [2.05, 4.69) is 5.32 Å². The van der Waals surface area contributed by atoms with Gasteiger partial charge in [0.25, 0.3) is 0 Å². The highest BCUT2D eigenvalue weighted by Gasteiger charge is 2.27. The number of carbonyl (C=O) groups excluding carboxylic acids is 1. The zero-order valence-corrected chi connectivity index (χ0v) is 11.7. The SMILES string of the molecule is CC(CN)C(=O)NC1CCc2c1ccc(Cl)c2Cl. The topological polar surface area (TPSA) is 55.1 Å². The summed E-state index contributed by atoms with van der Waals surface area (Å²) in [6, 6.07) is 3.74. The number of halogens is 2. The van der Waals surface area contributed by atoms with Gasteiger partial charge in [0.05, 0.1) is 16.1 Å². The molecule has 1 amide bonds. The van der Waals surface area contributed by atoms with Crippen molar-refractivity contribution in [2.45, 2.75) is 25.8 Å². The molecule has 98 valence electrons. The molecule has 0 bridgehead atoms. The summed E-state index contributed by atoms with van der Waals surface area (Å²) < 4.78 is 0. The first-order chi connectivity index (χ1) is 8.54. The van der Waals surface area contributed by atoms with Gasteiger partial charge in [0.2, 0.25) is 5.91 Å². The van der Waals surface area contributed by atoms with Crippen molar-refractivity contribution in [2.75, 3.05) is 6.54 Å². The first-order valence-electron chi connectivity index (χ1n) is 6.01. The predicted octanol–water partition coefficient (Wildman–Crippen LogP) is 2.69. The smallest absolute Gasteiger partial charge is 0.224 e. The van der Waals surface area contributed by atoms with Gasteiger partial charge in [0.15, 0.2) is 0 Å². The van der Waals surface area contributed by atoms with E-state index in [9.17, 15) is 4.79 Å². The maximum Gasteiger partial charge on any atom is 0.224 e. The Bertz CT molecular complexity index is 476. The van der Waals surface area contributed by atoms with Crippen LogP contribution in [0.1, 0.15) is 30.5 Å². The highest BCUT2D eigenvalue weighted by Crippen LogP contribution is 2.39. The van der Waals surface area contributed by atoms with Crippen LogP contribution < -0.4 is 11.1 Å². The Kier molecular flexibility index (Phi) is 4.15. The third-order valence-electron chi connectivity index (χ3n) is 3.41. The van der Waals surface area contributed by atoms with Crippen molar-refractivity contribution in [2.24, 2.45) is 11.7 Å². The average Bonchev–Trinajstić information content (AvgIpc) is 2.76. The molecular formula is C13H16Cl2N2O. The van der Waals surface area contributed by atoms with E-state index in [1.165, 1.54) is 0 Å². The maximum atomic E-state index is 11.8. The summed E-state index contributed by atoms with van der Waals surface area (Å²) in [6.45, 7) is 2.17. The van der Waals surface area contributed by atoms with E-state index in [4.69, 9.17) is 28.9 Å². The highest BCUT2D eigenvalue weighted by atomic mass is 35.5. The lowest BCUT2D eigenvalue weighted by molar-refractivity contribution is -0.124. The molecule has 2 unspecified atom stereocenters. The normalized spacial score (nSPS) is 19.4. The zero-order valence-electron chi connectivity index (χ0n) is 10.2. The molecule has 18 heavy (non-hydrogen) atoms. The largest absolute Gasteiger partial charge is 0.349 e. The Morgan fingerprint density at radius 2 is 2.28 bits per heavy atom. The van der Waals surface area contributed by atoms with Gasteiger partial charge in [-0.15, -0.1) is 0 Å². The molecule has 3 nitrogen and oxygen atoms in total. The van der Waals surface area contributed by atoms with Crippen LogP contribution in [0.4, 0.5) is 0 Å². The second-order valence-corrected chi connectivity index (χ2v) is 5.45. The average molecular weight is 287 g/mol. The molecule has 0 aromatic heterocycles. The summed E-state index contributed by atoms with van der Waals surface area (Å²) >= 11 is 12.1. The number of rotatable bonds is 3. The van der Waals surface area contributed by atoms with E-state index in [0.717, 1.165) is 24.0 Å². The monoisotopic (exact) mass is 286 g/mol. The summed E-state index contributed by atoms with van der Waals surface area (Å²) in [5.74, 6) is -0.182. The second-order valence-electron chi connectivity index (χ2n) is 4.67. The van der Waals surface area contributed by atoms with E-state index in [0.29, 0.717) is 16.6 Å². The molecule has 1 aliphatic rings. The quantitative estimate of drug-likeness (QED) is 0.898. The molecule has 3 N–H and O–H groups in total. The number of hydrogen-bond acceptors (Lipinski definition) is 2. The summed E-state index contributed by atoms with van der Waals surface area (Å²) in [6.07, 6.45) is 1.70. The van der Waals surface area contributed by atoms with Crippen molar-refractivity contribution in [1.82, 2.24) is 5.32 Å². The Morgan fingerprint density at radius 3 is 2.94 bits per heavy atom. The number of fused-ring (bicyclic) bond motifs is 1. The minimum Gasteiger partial charge on any atom is -0.349 e. The number of nitrogens with two attached hydrogens (primary N) is 1. The number of hydrogen-bond donors (Lipinski definition) is 2. The predicted molar refractivity (Wildman–Crippen MR) is 73.9 cm³/mol. The van der Waals surface area contributed by atoms with E-state index in [-0.39, 0.29) is 17.9 Å². The van der Waals surface area contributed by atoms with Gasteiger partial charge in [-0.25, -0.2) is 0 Å². The van der Waals surface area contributed by atoms with Crippen LogP contribution in [0.25, 0.3) is 0 Å². The summed E-state index contributed by atoms with van der Waals surface area (Å²) in [7, 11) is 0. The molecule has 1 aromatic carbocycles. The molecule has 0 heterocycles. The molecule has 0 fully saturated rings. The zero-order chi connectivity index (χ0) is 13.3. The third kappa shape index (κ3) is 2.48. The first-order valence-corrected chi connectivity index (χ1v) is 6.77. The molecular weight excluding hydrogens is 271 g/mol. The Hall–Kier alpha value is -0.770. The number of carbonyl (C=O) groups is 1. The van der Waals surface area contributed by atoms with E-state index in [1.54, 1.807) is 6.07 Å². The molecule has 0 spiro atoms. The van der Waals surface area contributed by atoms with Crippen molar-refractivity contribution in [1.29, 1.82) is 0 Å². The van der Waals surface area contributed by atoms with Gasteiger partial charge < -0.3 is 11.1 Å². The van der Waals surface area contributed by atoms with Crippen molar-refractivity contribution in [3.05, 3.63) is 33.3 Å². The van der Waals surface area contributed by atoms with Crippen LogP contribution in [-0.4, -0.2) is 12.5 Å². The fraction of sp³-hybridized carbons (Fsp3) is 0.462. The highest BCUT2D eigenvalue weighted by molar-refractivity contribution is 6.42. The Balaban J connectivity index is 2.18. The fourth-order valence-corrected chi connectivity index (χ4v) is 2.65. The van der Waals surface area contributed by atoms with Crippen LogP contribution >= 0.6 is 23.2 Å². The van der Waals surface area contributed by atoms with Gasteiger partial charge in [-0.05, 0) is 30.0 Å². The molecule has 1 aromatic rings. The van der Waals surface area contributed by atoms with Crippen LogP contribution in [0, 0.1) is 5.92 Å². The van der Waals surface area contributed by atoms with Gasteiger partial charge in [-0.2, -0.15) is 0 Å². The first kappa shape index (κ1) is 13.7. The Labute approximate surface area is 117 Å². The van der Waals surface area contributed by atoms with Gasteiger partial charge in [0.1, 0.15) is 0 Å². The summed E-state index contributed by atoms with van der Waals surface area (Å²) in [5, 5.41) is 4.19. The minimum absolute atomic E-state index is 0.0126. The van der Waals surface area contributed by atoms with Crippen LogP contribution in [0.15, 0.2) is 12.1 Å². The van der Waals surface area contributed by atoms with Crippen molar-refractivity contribution < 1.29 is 4.79 Å². The molecule has 0 saturated carbocycles.